The maximum Gasteiger partial charge on any atom is 0.322 e. The number of hydrogen-bond acceptors (Lipinski definition) is 4. The van der Waals surface area contributed by atoms with E-state index in [1.807, 2.05) is 5.32 Å². The summed E-state index contributed by atoms with van der Waals surface area (Å²) in [6, 6.07) is -1.97. The van der Waals surface area contributed by atoms with Gasteiger partial charge in [0, 0.05) is 6.42 Å². The van der Waals surface area contributed by atoms with Crippen molar-refractivity contribution in [3.8, 4) is 0 Å². The van der Waals surface area contributed by atoms with Gasteiger partial charge in [-0.3, -0.25) is 10.1 Å². The number of amides is 3. The topological polar surface area (TPSA) is 98.7 Å². The van der Waals surface area contributed by atoms with Crippen LogP contribution in [0.15, 0.2) is 0 Å². The zero-order chi connectivity index (χ0) is 9.35. The summed E-state index contributed by atoms with van der Waals surface area (Å²) in [7, 11) is 0. The molecule has 12 heavy (non-hydrogen) atoms. The second-order valence-electron chi connectivity index (χ2n) is 2.63. The second-order valence-corrected chi connectivity index (χ2v) is 2.63. The van der Waals surface area contributed by atoms with Crippen molar-refractivity contribution >= 4 is 11.9 Å². The van der Waals surface area contributed by atoms with Crippen molar-refractivity contribution in [2.45, 2.75) is 25.2 Å². The van der Waals surface area contributed by atoms with Gasteiger partial charge in [-0.15, -0.1) is 0 Å². The summed E-state index contributed by atoms with van der Waals surface area (Å²) in [6.07, 6.45) is -0.0363. The summed E-state index contributed by atoms with van der Waals surface area (Å²) in [5.41, 5.74) is 0. The molecule has 1 aliphatic heterocycles. The minimum Gasteiger partial charge on any atom is -0.364 e. The standard InChI is InChI=1S/C6H10N2O4/c1-2-6(11,12)3-4(9)8-5(10)7-3/h3,11-12H,2H2,1H3,(H2,7,8,9,10). The summed E-state index contributed by atoms with van der Waals surface area (Å²) in [5.74, 6) is -2.89. The Morgan fingerprint density at radius 3 is 2.42 bits per heavy atom. The molecule has 1 atom stereocenters. The second kappa shape index (κ2) is 2.72. The van der Waals surface area contributed by atoms with Gasteiger partial charge in [-0.1, -0.05) is 6.92 Å². The van der Waals surface area contributed by atoms with Crippen LogP contribution >= 0.6 is 0 Å². The van der Waals surface area contributed by atoms with E-state index in [2.05, 4.69) is 5.32 Å². The Morgan fingerprint density at radius 1 is 1.50 bits per heavy atom. The maximum atomic E-state index is 10.9. The van der Waals surface area contributed by atoms with Crippen LogP contribution in [0, 0.1) is 0 Å². The van der Waals surface area contributed by atoms with Crippen molar-refractivity contribution in [3.63, 3.8) is 0 Å². The Hall–Kier alpha value is -1.14. The Balaban J connectivity index is 2.76. The molecule has 6 heteroatoms. The van der Waals surface area contributed by atoms with E-state index in [0.29, 0.717) is 0 Å². The molecule has 1 heterocycles. The SMILES string of the molecule is CCC(O)(O)C1NC(=O)NC1=O. The molecule has 1 unspecified atom stereocenters. The Bertz CT molecular complexity index is 226. The van der Waals surface area contributed by atoms with Crippen LogP contribution in [-0.2, 0) is 4.79 Å². The number of aliphatic hydroxyl groups is 2. The molecule has 0 aromatic rings. The van der Waals surface area contributed by atoms with Crippen molar-refractivity contribution in [2.75, 3.05) is 0 Å². The monoisotopic (exact) mass is 174 g/mol. The van der Waals surface area contributed by atoms with Crippen LogP contribution in [0.2, 0.25) is 0 Å². The third kappa shape index (κ3) is 1.39. The summed E-state index contributed by atoms with van der Waals surface area (Å²) in [6.45, 7) is 1.50. The third-order valence-electron chi connectivity index (χ3n) is 1.76. The lowest BCUT2D eigenvalue weighted by atomic mass is 10.1. The van der Waals surface area contributed by atoms with Crippen LogP contribution < -0.4 is 10.6 Å². The van der Waals surface area contributed by atoms with Crippen LogP contribution in [0.3, 0.4) is 0 Å². The lowest BCUT2D eigenvalue weighted by Crippen LogP contribution is -2.51. The van der Waals surface area contributed by atoms with Gasteiger partial charge in [-0.25, -0.2) is 4.79 Å². The average Bonchev–Trinajstić information content (AvgIpc) is 2.31. The number of imide groups is 1. The van der Waals surface area contributed by atoms with Gasteiger partial charge < -0.3 is 15.5 Å². The van der Waals surface area contributed by atoms with E-state index in [0.717, 1.165) is 0 Å². The molecule has 3 amide bonds. The van der Waals surface area contributed by atoms with Crippen molar-refractivity contribution < 1.29 is 19.8 Å². The molecular weight excluding hydrogens is 164 g/mol. The molecule has 0 aromatic carbocycles. The van der Waals surface area contributed by atoms with Crippen LogP contribution in [0.1, 0.15) is 13.3 Å². The maximum absolute atomic E-state index is 10.9. The van der Waals surface area contributed by atoms with Crippen LogP contribution in [0.25, 0.3) is 0 Å². The molecule has 0 saturated carbocycles. The van der Waals surface area contributed by atoms with E-state index in [9.17, 15) is 19.8 Å². The van der Waals surface area contributed by atoms with Gasteiger partial charge in [0.15, 0.2) is 11.8 Å². The predicted octanol–water partition coefficient (Wildman–Crippen LogP) is -1.71. The van der Waals surface area contributed by atoms with E-state index >= 15 is 0 Å². The zero-order valence-corrected chi connectivity index (χ0v) is 6.50. The van der Waals surface area contributed by atoms with Gasteiger partial charge >= 0.3 is 6.03 Å². The highest BCUT2D eigenvalue weighted by Gasteiger charge is 2.44. The van der Waals surface area contributed by atoms with E-state index < -0.39 is 23.8 Å². The first kappa shape index (κ1) is 8.95. The quantitative estimate of drug-likeness (QED) is 0.296. The van der Waals surface area contributed by atoms with E-state index in [1.54, 1.807) is 0 Å². The van der Waals surface area contributed by atoms with Crippen molar-refractivity contribution in [3.05, 3.63) is 0 Å². The van der Waals surface area contributed by atoms with Gasteiger partial charge in [-0.2, -0.15) is 0 Å². The predicted molar refractivity (Wildman–Crippen MR) is 37.9 cm³/mol. The molecule has 4 N–H and O–H groups in total. The molecule has 0 aliphatic carbocycles. The first-order valence-electron chi connectivity index (χ1n) is 3.53. The summed E-state index contributed by atoms with van der Waals surface area (Å²) in [4.78, 5) is 21.4. The van der Waals surface area contributed by atoms with Crippen LogP contribution in [-0.4, -0.2) is 34.0 Å². The van der Waals surface area contributed by atoms with E-state index in [4.69, 9.17) is 0 Å². The first-order chi connectivity index (χ1) is 5.47. The molecule has 1 rings (SSSR count). The molecule has 0 aromatic heterocycles. The molecule has 6 nitrogen and oxygen atoms in total. The number of rotatable bonds is 2. The van der Waals surface area contributed by atoms with Gasteiger partial charge in [0.2, 0.25) is 0 Å². The number of nitrogens with one attached hydrogen (secondary N) is 2. The normalized spacial score (nSPS) is 23.8. The lowest BCUT2D eigenvalue weighted by molar-refractivity contribution is -0.183. The van der Waals surface area contributed by atoms with Crippen molar-refractivity contribution in [2.24, 2.45) is 0 Å². The molecule has 1 saturated heterocycles. The average molecular weight is 174 g/mol. The van der Waals surface area contributed by atoms with Crippen LogP contribution in [0.4, 0.5) is 4.79 Å². The van der Waals surface area contributed by atoms with Crippen molar-refractivity contribution in [1.29, 1.82) is 0 Å². The summed E-state index contributed by atoms with van der Waals surface area (Å²) in [5, 5.41) is 22.4. The zero-order valence-electron chi connectivity index (χ0n) is 6.50. The number of hydrogen-bond donors (Lipinski definition) is 4. The van der Waals surface area contributed by atoms with Gasteiger partial charge in [0.25, 0.3) is 5.91 Å². The summed E-state index contributed by atoms with van der Waals surface area (Å²) < 4.78 is 0. The van der Waals surface area contributed by atoms with Gasteiger partial charge in [-0.05, 0) is 0 Å². The fourth-order valence-electron chi connectivity index (χ4n) is 0.946. The largest absolute Gasteiger partial charge is 0.364 e. The molecule has 0 spiro atoms. The molecule has 68 valence electrons. The Morgan fingerprint density at radius 2 is 2.08 bits per heavy atom. The number of carbonyl (C=O) groups excluding carboxylic acids is 2. The molecule has 0 radical (unpaired) electrons. The van der Waals surface area contributed by atoms with Gasteiger partial charge in [0.1, 0.15) is 0 Å². The molecule has 1 aliphatic rings. The highest BCUT2D eigenvalue weighted by Crippen LogP contribution is 2.13. The number of carbonyl (C=O) groups is 2. The van der Waals surface area contributed by atoms with Gasteiger partial charge in [0.05, 0.1) is 0 Å². The lowest BCUT2D eigenvalue weighted by Gasteiger charge is -2.23. The van der Waals surface area contributed by atoms with Crippen LogP contribution in [0.5, 0.6) is 0 Å². The van der Waals surface area contributed by atoms with E-state index in [-0.39, 0.29) is 6.42 Å². The minimum absolute atomic E-state index is 0.0363. The van der Waals surface area contributed by atoms with Crippen molar-refractivity contribution in [1.82, 2.24) is 10.6 Å². The molecule has 0 bridgehead atoms. The first-order valence-corrected chi connectivity index (χ1v) is 3.53. The highest BCUT2D eigenvalue weighted by molar-refractivity contribution is 6.04. The molecular formula is C6H10N2O4. The fraction of sp³-hybridized carbons (Fsp3) is 0.667. The highest BCUT2D eigenvalue weighted by atomic mass is 16.5. The number of urea groups is 1. The third-order valence-corrected chi connectivity index (χ3v) is 1.76. The fourth-order valence-corrected chi connectivity index (χ4v) is 0.946. The summed E-state index contributed by atoms with van der Waals surface area (Å²) >= 11 is 0. The van der Waals surface area contributed by atoms with E-state index in [1.165, 1.54) is 6.92 Å². The Labute approximate surface area is 68.6 Å². The molecule has 1 fully saturated rings. The smallest absolute Gasteiger partial charge is 0.322 e. The Kier molecular flexibility index (Phi) is 2.03. The minimum atomic E-state index is -2.17.